The highest BCUT2D eigenvalue weighted by Gasteiger charge is 2.30. The van der Waals surface area contributed by atoms with Crippen LogP contribution < -0.4 is 10.6 Å². The lowest BCUT2D eigenvalue weighted by molar-refractivity contribution is 0.232. The van der Waals surface area contributed by atoms with Gasteiger partial charge in [-0.2, -0.15) is 5.26 Å². The second-order valence-electron chi connectivity index (χ2n) is 5.74. The van der Waals surface area contributed by atoms with Gasteiger partial charge < -0.3 is 10.6 Å². The first-order chi connectivity index (χ1) is 11.1. The van der Waals surface area contributed by atoms with Gasteiger partial charge in [-0.3, -0.25) is 4.21 Å². The van der Waals surface area contributed by atoms with Crippen LogP contribution in [0.4, 0.5) is 4.79 Å². The largest absolute Gasteiger partial charge is 0.334 e. The Morgan fingerprint density at radius 1 is 1.39 bits per heavy atom. The lowest BCUT2D eigenvalue weighted by Crippen LogP contribution is -2.50. The fourth-order valence-electron chi connectivity index (χ4n) is 2.94. The van der Waals surface area contributed by atoms with Crippen LogP contribution in [-0.4, -0.2) is 27.3 Å². The number of hydrogen-bond donors (Lipinski definition) is 2. The lowest BCUT2D eigenvalue weighted by Gasteiger charge is -2.31. The maximum Gasteiger partial charge on any atom is 0.315 e. The summed E-state index contributed by atoms with van der Waals surface area (Å²) >= 11 is 0. The zero-order valence-electron chi connectivity index (χ0n) is 13.4. The Kier molecular flexibility index (Phi) is 6.60. The van der Waals surface area contributed by atoms with Gasteiger partial charge in [0.2, 0.25) is 0 Å². The first kappa shape index (κ1) is 17.5. The molecule has 23 heavy (non-hydrogen) atoms. The van der Waals surface area contributed by atoms with Gasteiger partial charge in [-0.1, -0.05) is 31.9 Å². The highest BCUT2D eigenvalue weighted by atomic mass is 32.2. The van der Waals surface area contributed by atoms with E-state index in [1.165, 1.54) is 0 Å². The van der Waals surface area contributed by atoms with Crippen molar-refractivity contribution in [2.45, 2.75) is 50.4 Å². The van der Waals surface area contributed by atoms with Crippen LogP contribution in [0.2, 0.25) is 0 Å². The predicted molar refractivity (Wildman–Crippen MR) is 91.3 cm³/mol. The molecule has 2 N–H and O–H groups in total. The molecule has 6 heteroatoms. The van der Waals surface area contributed by atoms with Crippen LogP contribution in [0.3, 0.4) is 0 Å². The second-order valence-corrected chi connectivity index (χ2v) is 7.68. The van der Waals surface area contributed by atoms with Gasteiger partial charge in [0.1, 0.15) is 0 Å². The van der Waals surface area contributed by atoms with Gasteiger partial charge in [-0.25, -0.2) is 4.79 Å². The monoisotopic (exact) mass is 333 g/mol. The minimum Gasteiger partial charge on any atom is -0.334 e. The van der Waals surface area contributed by atoms with Crippen LogP contribution in [0.5, 0.6) is 0 Å². The Bertz CT molecular complexity index is 612. The Morgan fingerprint density at radius 3 is 2.91 bits per heavy atom. The number of nitriles is 1. The van der Waals surface area contributed by atoms with E-state index in [0.29, 0.717) is 17.9 Å². The van der Waals surface area contributed by atoms with E-state index in [2.05, 4.69) is 16.7 Å². The molecule has 1 saturated carbocycles. The van der Waals surface area contributed by atoms with Gasteiger partial charge in [0.15, 0.2) is 0 Å². The molecule has 0 aliphatic heterocycles. The molecule has 5 nitrogen and oxygen atoms in total. The summed E-state index contributed by atoms with van der Waals surface area (Å²) in [6.07, 6.45) is 3.94. The fourth-order valence-corrected chi connectivity index (χ4v) is 4.37. The van der Waals surface area contributed by atoms with Gasteiger partial charge in [-0.05, 0) is 30.5 Å². The zero-order valence-corrected chi connectivity index (χ0v) is 14.2. The summed E-state index contributed by atoms with van der Waals surface area (Å²) < 4.78 is 12.1. The van der Waals surface area contributed by atoms with Crippen molar-refractivity contribution >= 4 is 16.8 Å². The van der Waals surface area contributed by atoms with Crippen LogP contribution >= 0.6 is 0 Å². The molecule has 3 atom stereocenters. The number of nitrogens with one attached hydrogen (secondary N) is 2. The third-order valence-electron chi connectivity index (χ3n) is 4.15. The van der Waals surface area contributed by atoms with Crippen molar-refractivity contribution in [1.29, 1.82) is 5.26 Å². The molecular weight excluding hydrogens is 310 g/mol. The zero-order chi connectivity index (χ0) is 16.7. The Balaban J connectivity index is 1.88. The smallest absolute Gasteiger partial charge is 0.315 e. The number of nitrogens with zero attached hydrogens (tertiary/aromatic N) is 1. The number of carbonyl (C=O) groups is 1. The van der Waals surface area contributed by atoms with E-state index in [0.717, 1.165) is 31.2 Å². The van der Waals surface area contributed by atoms with Gasteiger partial charge in [-0.15, -0.1) is 0 Å². The van der Waals surface area contributed by atoms with Crippen molar-refractivity contribution in [3.63, 3.8) is 0 Å². The number of carbonyl (C=O) groups excluding carboxylic acids is 1. The third-order valence-corrected chi connectivity index (χ3v) is 5.96. The molecular formula is C17H23N3O2S. The Labute approximate surface area is 139 Å². The molecule has 0 radical (unpaired) electrons. The second kappa shape index (κ2) is 8.68. The van der Waals surface area contributed by atoms with Gasteiger partial charge >= 0.3 is 6.03 Å². The quantitative estimate of drug-likeness (QED) is 0.868. The van der Waals surface area contributed by atoms with Crippen LogP contribution in [0.1, 0.15) is 43.7 Å². The predicted octanol–water partition coefficient (Wildman–Crippen LogP) is 2.44. The molecule has 0 heterocycles. The highest BCUT2D eigenvalue weighted by molar-refractivity contribution is 7.85. The molecule has 0 aromatic heterocycles. The van der Waals surface area contributed by atoms with Crippen LogP contribution in [-0.2, 0) is 17.3 Å². The van der Waals surface area contributed by atoms with E-state index >= 15 is 0 Å². The van der Waals surface area contributed by atoms with Crippen LogP contribution in [0.15, 0.2) is 24.3 Å². The first-order valence-electron chi connectivity index (χ1n) is 8.04. The highest BCUT2D eigenvalue weighted by Crippen LogP contribution is 2.23. The Morgan fingerprint density at radius 2 is 2.17 bits per heavy atom. The number of benzene rings is 1. The molecule has 124 valence electrons. The lowest BCUT2D eigenvalue weighted by atomic mass is 9.95. The maximum atomic E-state index is 12.1. The van der Waals surface area contributed by atoms with Crippen molar-refractivity contribution in [2.24, 2.45) is 0 Å². The average Bonchev–Trinajstić information content (AvgIpc) is 2.60. The summed E-state index contributed by atoms with van der Waals surface area (Å²) in [4.78, 5) is 12.1. The molecule has 1 aliphatic rings. The van der Waals surface area contributed by atoms with E-state index in [4.69, 9.17) is 5.26 Å². The third kappa shape index (κ3) is 5.07. The van der Waals surface area contributed by atoms with E-state index in [1.54, 1.807) is 18.2 Å². The molecule has 0 spiro atoms. The summed E-state index contributed by atoms with van der Waals surface area (Å²) in [5, 5.41) is 14.7. The van der Waals surface area contributed by atoms with E-state index < -0.39 is 10.8 Å². The van der Waals surface area contributed by atoms with Crippen molar-refractivity contribution in [3.05, 3.63) is 35.4 Å². The molecule has 1 fully saturated rings. The normalized spacial score (nSPS) is 21.9. The summed E-state index contributed by atoms with van der Waals surface area (Å²) in [7, 11) is -0.883. The van der Waals surface area contributed by atoms with Crippen molar-refractivity contribution in [3.8, 4) is 6.07 Å². The van der Waals surface area contributed by atoms with Gasteiger partial charge in [0.25, 0.3) is 0 Å². The van der Waals surface area contributed by atoms with Gasteiger partial charge in [0, 0.05) is 29.1 Å². The minimum atomic E-state index is -0.883. The van der Waals surface area contributed by atoms with E-state index in [1.807, 2.05) is 13.0 Å². The number of amides is 2. The molecule has 1 aromatic carbocycles. The topological polar surface area (TPSA) is 82.0 Å². The molecule has 1 aromatic rings. The van der Waals surface area contributed by atoms with E-state index in [9.17, 15) is 9.00 Å². The molecule has 0 bridgehead atoms. The summed E-state index contributed by atoms with van der Waals surface area (Å²) in [6, 6.07) is 8.99. The molecule has 2 amide bonds. The molecule has 0 saturated heterocycles. The maximum absolute atomic E-state index is 12.1. The fraction of sp³-hybridized carbons (Fsp3) is 0.529. The van der Waals surface area contributed by atoms with Crippen molar-refractivity contribution < 1.29 is 9.00 Å². The SMILES string of the molecule is CC[S@@](=O)[C@H]1CCCC[C@@H]1NC(=O)NCc1cccc(C#N)c1. The number of urea groups is 1. The summed E-state index contributed by atoms with van der Waals surface area (Å²) in [6.45, 7) is 2.29. The van der Waals surface area contributed by atoms with Crippen LogP contribution in [0.25, 0.3) is 0 Å². The standard InChI is InChI=1S/C17H23N3O2S/c1-2-23(22)16-9-4-3-8-15(16)20-17(21)19-12-14-7-5-6-13(10-14)11-18/h5-7,10,15-16H,2-4,8-9,12H2,1H3,(H2,19,20,21)/t15-,16-,23+/m0/s1. The van der Waals surface area contributed by atoms with Gasteiger partial charge in [0.05, 0.1) is 16.9 Å². The average molecular weight is 333 g/mol. The first-order valence-corrected chi connectivity index (χ1v) is 9.42. The molecule has 1 aliphatic carbocycles. The number of rotatable bonds is 5. The summed E-state index contributed by atoms with van der Waals surface area (Å²) in [5.74, 6) is 0.630. The van der Waals surface area contributed by atoms with Crippen molar-refractivity contribution in [1.82, 2.24) is 10.6 Å². The minimum absolute atomic E-state index is 0.0185. The Hall–Kier alpha value is -1.87. The van der Waals surface area contributed by atoms with Crippen LogP contribution in [0, 0.1) is 11.3 Å². The molecule has 2 rings (SSSR count). The molecule has 0 unspecified atom stereocenters. The summed E-state index contributed by atoms with van der Waals surface area (Å²) in [5.41, 5.74) is 1.46. The number of hydrogen-bond acceptors (Lipinski definition) is 3. The van der Waals surface area contributed by atoms with E-state index in [-0.39, 0.29) is 17.3 Å². The van der Waals surface area contributed by atoms with Crippen molar-refractivity contribution in [2.75, 3.05) is 5.75 Å².